The molecule has 2 aliphatic heterocycles. The highest BCUT2D eigenvalue weighted by Gasteiger charge is 2.69. The monoisotopic (exact) mass is 637 g/mol. The molecule has 0 radical (unpaired) electrons. The van der Waals surface area contributed by atoms with Gasteiger partial charge in [-0.2, -0.15) is 0 Å². The molecule has 1 aromatic heterocycles. The van der Waals surface area contributed by atoms with Gasteiger partial charge in [-0.25, -0.2) is 0 Å². The number of ether oxygens (including phenoxy) is 1. The fraction of sp³-hybridized carbons (Fsp3) is 0.314. The van der Waals surface area contributed by atoms with Crippen LogP contribution < -0.4 is 19.8 Å². The number of thioether (sulfide) groups is 1. The summed E-state index contributed by atoms with van der Waals surface area (Å²) in [4.78, 5) is 58.2. The highest BCUT2D eigenvalue weighted by Crippen LogP contribution is 2.68. The topological polar surface area (TPSA) is 109 Å². The van der Waals surface area contributed by atoms with Crippen molar-refractivity contribution >= 4 is 52.2 Å². The van der Waals surface area contributed by atoms with Gasteiger partial charge in [-0.05, 0) is 79.5 Å². The normalized spacial score (nSPS) is 27.7. The van der Waals surface area contributed by atoms with E-state index in [-0.39, 0.29) is 70.0 Å². The van der Waals surface area contributed by atoms with Gasteiger partial charge in [-0.15, -0.1) is 11.8 Å². The lowest BCUT2D eigenvalue weighted by atomic mass is 9.68. The second kappa shape index (κ2) is 10.7. The van der Waals surface area contributed by atoms with Crippen molar-refractivity contribution in [2.24, 2.45) is 29.6 Å². The summed E-state index contributed by atoms with van der Waals surface area (Å²) in [7, 11) is 0. The number of nitrogens with zero attached hydrogens (tertiary/aromatic N) is 1. The van der Waals surface area contributed by atoms with E-state index >= 15 is 0 Å². The van der Waals surface area contributed by atoms with Crippen LogP contribution in [0.25, 0.3) is 0 Å². The van der Waals surface area contributed by atoms with Crippen LogP contribution in [0.5, 0.6) is 5.75 Å². The molecule has 3 heterocycles. The first-order valence-electron chi connectivity index (χ1n) is 15.2. The summed E-state index contributed by atoms with van der Waals surface area (Å²) in [6.45, 7) is 3.80. The maximum atomic E-state index is 13.9. The van der Waals surface area contributed by atoms with Crippen molar-refractivity contribution in [2.75, 3.05) is 16.8 Å². The largest absolute Gasteiger partial charge is 0.484 e. The van der Waals surface area contributed by atoms with Crippen molar-refractivity contribution in [1.82, 2.24) is 4.98 Å². The first kappa shape index (κ1) is 28.3. The van der Waals surface area contributed by atoms with Gasteiger partial charge in [0.25, 0.3) is 5.91 Å². The van der Waals surface area contributed by atoms with Gasteiger partial charge < -0.3 is 15.0 Å². The third-order valence-electron chi connectivity index (χ3n) is 10.0. The summed E-state index contributed by atoms with van der Waals surface area (Å²) in [6.07, 6.45) is 0.837. The van der Waals surface area contributed by atoms with E-state index in [9.17, 15) is 19.2 Å². The number of aromatic nitrogens is 1. The molecule has 4 aliphatic rings. The van der Waals surface area contributed by atoms with Gasteiger partial charge in [0.2, 0.25) is 11.8 Å². The number of carbonyl (C=O) groups is 3. The molecule has 3 aromatic carbocycles. The summed E-state index contributed by atoms with van der Waals surface area (Å²) in [6, 6.07) is 22.9. The lowest BCUT2D eigenvalue weighted by Crippen LogP contribution is -2.42. The van der Waals surface area contributed by atoms with Crippen LogP contribution in [0.15, 0.2) is 82.6 Å². The molecular formula is C35H31N3O5S2. The Balaban J connectivity index is 1.06. The quantitative estimate of drug-likeness (QED) is 0.261. The fourth-order valence-corrected chi connectivity index (χ4v) is 11.0. The smallest absolute Gasteiger partial charge is 0.305 e. The number of imide groups is 1. The molecule has 7 atom stereocenters. The summed E-state index contributed by atoms with van der Waals surface area (Å²) >= 11 is 2.92. The van der Waals surface area contributed by atoms with E-state index in [4.69, 9.17) is 4.74 Å². The Labute approximate surface area is 268 Å². The Hall–Kier alpha value is -4.15. The number of para-hydroxylation sites is 1. The van der Waals surface area contributed by atoms with Crippen LogP contribution in [0.2, 0.25) is 0 Å². The first-order chi connectivity index (χ1) is 21.8. The minimum Gasteiger partial charge on any atom is -0.484 e. The number of hydrogen-bond acceptors (Lipinski definition) is 7. The predicted octanol–water partition coefficient (Wildman–Crippen LogP) is 5.75. The number of hydrogen-bond donors (Lipinski definition) is 2. The molecule has 8 nitrogen and oxygen atoms in total. The second-order valence-electron chi connectivity index (χ2n) is 12.5. The van der Waals surface area contributed by atoms with E-state index in [0.29, 0.717) is 11.4 Å². The van der Waals surface area contributed by atoms with E-state index in [2.05, 4.69) is 10.3 Å². The minimum atomic E-state index is -0.347. The van der Waals surface area contributed by atoms with E-state index in [0.717, 1.165) is 38.7 Å². The predicted molar refractivity (Wildman–Crippen MR) is 174 cm³/mol. The van der Waals surface area contributed by atoms with Gasteiger partial charge in [-0.1, -0.05) is 59.4 Å². The van der Waals surface area contributed by atoms with Crippen LogP contribution >= 0.6 is 23.1 Å². The number of aromatic amines is 1. The molecule has 3 fully saturated rings. The minimum absolute atomic E-state index is 0.0424. The molecular weight excluding hydrogens is 607 g/mol. The molecule has 0 spiro atoms. The summed E-state index contributed by atoms with van der Waals surface area (Å²) in [5.41, 5.74) is 4.48. The van der Waals surface area contributed by atoms with Crippen LogP contribution in [0.3, 0.4) is 0 Å². The molecule has 2 aliphatic carbocycles. The van der Waals surface area contributed by atoms with Gasteiger partial charge in [0.1, 0.15) is 5.75 Å². The zero-order valence-electron chi connectivity index (χ0n) is 24.7. The lowest BCUT2D eigenvalue weighted by molar-refractivity contribution is -0.123. The SMILES string of the molecule is Cc1ccc(N2C(=O)C3C4CC(C3C2=O)C2C4Sc3[nH]c(=O)sc3[C@@H]2c2ccc(OCC(=O)Nc3ccccc3C)cc2)cc1. The molecule has 8 rings (SSSR count). The number of nitrogens with one attached hydrogen (secondary N) is 2. The zero-order valence-corrected chi connectivity index (χ0v) is 26.3. The number of anilines is 2. The van der Waals surface area contributed by atoms with Crippen molar-refractivity contribution in [1.29, 1.82) is 0 Å². The molecule has 2 bridgehead atoms. The third-order valence-corrected chi connectivity index (χ3v) is 12.6. The fourth-order valence-electron chi connectivity index (χ4n) is 8.16. The van der Waals surface area contributed by atoms with E-state index in [1.165, 1.54) is 16.2 Å². The number of aryl methyl sites for hydroxylation is 2. The number of H-pyrrole nitrogens is 1. The standard InChI is InChI=1S/C35H31N3O5S2/c1-17-7-11-20(12-8-17)38-33(40)28-22-15-23(29(28)34(38)41)30-27(22)26(31-32(44-30)37-35(42)45-31)19-9-13-21(14-10-19)43-16-25(39)36-24-6-4-3-5-18(24)2/h3-14,22-23,26-30H,15-16H2,1-2H3,(H,36,39)(H,37,42)/t22?,23?,26-,27?,28?,29?,30?/m1/s1. The summed E-state index contributed by atoms with van der Waals surface area (Å²) in [5, 5.41) is 3.88. The first-order valence-corrected chi connectivity index (χ1v) is 16.9. The molecule has 3 amide bonds. The van der Waals surface area contributed by atoms with Gasteiger partial charge in [0.15, 0.2) is 6.61 Å². The molecule has 1 saturated heterocycles. The third kappa shape index (κ3) is 4.56. The molecule has 4 aromatic rings. The average molecular weight is 638 g/mol. The number of rotatable bonds is 6. The Morgan fingerprint density at radius 3 is 2.38 bits per heavy atom. The van der Waals surface area contributed by atoms with Crippen molar-refractivity contribution < 1.29 is 19.1 Å². The van der Waals surface area contributed by atoms with Crippen molar-refractivity contribution in [2.45, 2.75) is 36.5 Å². The average Bonchev–Trinajstić information content (AvgIpc) is 3.77. The van der Waals surface area contributed by atoms with Crippen LogP contribution in [-0.2, 0) is 14.4 Å². The molecule has 6 unspecified atom stereocenters. The Kier molecular flexibility index (Phi) is 6.76. The Bertz CT molecular complexity index is 1900. The zero-order chi connectivity index (χ0) is 31.0. The molecule has 228 valence electrons. The van der Waals surface area contributed by atoms with Crippen LogP contribution in [0, 0.1) is 43.4 Å². The summed E-state index contributed by atoms with van der Waals surface area (Å²) < 4.78 is 5.82. The van der Waals surface area contributed by atoms with Crippen LogP contribution in [0.1, 0.15) is 33.9 Å². The van der Waals surface area contributed by atoms with Gasteiger partial charge in [-0.3, -0.25) is 24.1 Å². The van der Waals surface area contributed by atoms with Crippen molar-refractivity contribution in [3.63, 3.8) is 0 Å². The maximum absolute atomic E-state index is 13.9. The highest BCUT2D eigenvalue weighted by atomic mass is 32.2. The Morgan fingerprint density at radius 2 is 1.64 bits per heavy atom. The van der Waals surface area contributed by atoms with E-state index < -0.39 is 0 Å². The summed E-state index contributed by atoms with van der Waals surface area (Å²) in [5.74, 6) is -0.389. The van der Waals surface area contributed by atoms with Gasteiger partial charge in [0.05, 0.1) is 22.5 Å². The van der Waals surface area contributed by atoms with E-state index in [1.807, 2.05) is 86.6 Å². The molecule has 45 heavy (non-hydrogen) atoms. The number of benzene rings is 3. The number of fused-ring (bicyclic) bond motifs is 9. The number of amides is 3. The maximum Gasteiger partial charge on any atom is 0.305 e. The van der Waals surface area contributed by atoms with Crippen molar-refractivity contribution in [3.8, 4) is 5.75 Å². The molecule has 10 heteroatoms. The molecule has 2 N–H and O–H groups in total. The number of carbonyl (C=O) groups excluding carboxylic acids is 3. The van der Waals surface area contributed by atoms with E-state index in [1.54, 1.807) is 11.8 Å². The van der Waals surface area contributed by atoms with Gasteiger partial charge in [0, 0.05) is 21.7 Å². The highest BCUT2D eigenvalue weighted by molar-refractivity contribution is 8.00. The molecule has 2 saturated carbocycles. The van der Waals surface area contributed by atoms with Crippen LogP contribution in [0.4, 0.5) is 11.4 Å². The van der Waals surface area contributed by atoms with Crippen molar-refractivity contribution in [3.05, 3.63) is 104 Å². The lowest BCUT2D eigenvalue weighted by Gasteiger charge is -2.43. The second-order valence-corrected chi connectivity index (χ2v) is 14.7. The van der Waals surface area contributed by atoms with Gasteiger partial charge >= 0.3 is 4.87 Å². The Morgan fingerprint density at radius 1 is 0.933 bits per heavy atom. The number of thiazole rings is 1. The van der Waals surface area contributed by atoms with Crippen LogP contribution in [-0.4, -0.2) is 34.6 Å².